The Labute approximate surface area is 189 Å². The highest BCUT2D eigenvalue weighted by Crippen LogP contribution is 2.31. The van der Waals surface area contributed by atoms with Gasteiger partial charge in [0.1, 0.15) is 11.5 Å². The highest BCUT2D eigenvalue weighted by Gasteiger charge is 2.25. The Kier molecular flexibility index (Phi) is 5.84. The van der Waals surface area contributed by atoms with Crippen LogP contribution < -0.4 is 11.2 Å². The van der Waals surface area contributed by atoms with Gasteiger partial charge in [-0.15, -0.1) is 5.10 Å². The summed E-state index contributed by atoms with van der Waals surface area (Å²) < 4.78 is 18.9. The number of halogens is 3. The van der Waals surface area contributed by atoms with E-state index in [4.69, 9.17) is 28.9 Å². The lowest BCUT2D eigenvalue weighted by Crippen LogP contribution is -2.21. The predicted octanol–water partition coefficient (Wildman–Crippen LogP) is 3.50. The maximum absolute atomic E-state index is 13.1. The van der Waals surface area contributed by atoms with E-state index in [9.17, 15) is 9.18 Å². The lowest BCUT2D eigenvalue weighted by molar-refractivity contribution is 0.0950. The summed E-state index contributed by atoms with van der Waals surface area (Å²) in [4.78, 5) is 12.9. The zero-order valence-corrected chi connectivity index (χ0v) is 17.8. The van der Waals surface area contributed by atoms with E-state index in [1.807, 2.05) is 0 Å². The van der Waals surface area contributed by atoms with Crippen LogP contribution in [0, 0.1) is 5.82 Å². The van der Waals surface area contributed by atoms with Crippen molar-refractivity contribution in [2.45, 2.75) is 6.92 Å². The molecule has 4 rings (SSSR count). The van der Waals surface area contributed by atoms with Crippen LogP contribution in [0.2, 0.25) is 10.0 Å². The Morgan fingerprint density at radius 1 is 1.16 bits per heavy atom. The number of nitrogens with one attached hydrogen (secondary N) is 1. The molecule has 162 valence electrons. The number of hydrazone groups is 1. The Hall–Kier alpha value is -3.83. The fourth-order valence-corrected chi connectivity index (χ4v) is 3.06. The van der Waals surface area contributed by atoms with E-state index >= 15 is 0 Å². The van der Waals surface area contributed by atoms with Crippen molar-refractivity contribution in [3.05, 3.63) is 69.6 Å². The number of nitrogens with zero attached hydrogens (tertiary/aromatic N) is 6. The number of hydrogen-bond donors (Lipinski definition) is 2. The number of benzene rings is 2. The molecule has 0 fully saturated rings. The normalized spacial score (nSPS) is 11.6. The van der Waals surface area contributed by atoms with E-state index < -0.39 is 5.91 Å². The van der Waals surface area contributed by atoms with Gasteiger partial charge in [-0.3, -0.25) is 4.79 Å². The van der Waals surface area contributed by atoms with Gasteiger partial charge in [0.15, 0.2) is 5.69 Å². The van der Waals surface area contributed by atoms with E-state index in [2.05, 4.69) is 35.8 Å². The summed E-state index contributed by atoms with van der Waals surface area (Å²) >= 11 is 12.2. The molecule has 0 aliphatic heterocycles. The quantitative estimate of drug-likeness (QED) is 0.333. The van der Waals surface area contributed by atoms with Crippen molar-refractivity contribution >= 4 is 40.6 Å². The maximum atomic E-state index is 13.1. The number of amides is 1. The van der Waals surface area contributed by atoms with Crippen LogP contribution in [0.25, 0.3) is 17.1 Å². The summed E-state index contributed by atoms with van der Waals surface area (Å²) in [5.41, 5.74) is 9.83. The molecule has 0 saturated heterocycles. The van der Waals surface area contributed by atoms with Gasteiger partial charge in [0.25, 0.3) is 5.91 Å². The first-order valence-electron chi connectivity index (χ1n) is 8.95. The minimum absolute atomic E-state index is 0.0311. The van der Waals surface area contributed by atoms with E-state index in [0.29, 0.717) is 21.9 Å². The highest BCUT2D eigenvalue weighted by molar-refractivity contribution is 6.42. The number of nitrogen functional groups attached to an aromatic ring is 1. The average molecular weight is 475 g/mol. The standard InChI is InChI=1S/C19H13Cl2FN8O2/c1-9(10-2-5-12(22)6-3-10)24-26-19(31)15-16(11-4-7-13(20)14(21)8-11)30(29-25-15)18-17(23)27-32-28-18/h2-8H,1H3,(H2,23,27)(H,26,31)/b24-9-. The molecule has 0 aliphatic rings. The van der Waals surface area contributed by atoms with Gasteiger partial charge >= 0.3 is 0 Å². The first-order chi connectivity index (χ1) is 15.3. The summed E-state index contributed by atoms with van der Waals surface area (Å²) in [6.45, 7) is 1.66. The van der Waals surface area contributed by atoms with Crippen molar-refractivity contribution in [3.63, 3.8) is 0 Å². The fourth-order valence-electron chi connectivity index (χ4n) is 2.77. The Morgan fingerprint density at radius 3 is 2.56 bits per heavy atom. The zero-order valence-electron chi connectivity index (χ0n) is 16.3. The van der Waals surface area contributed by atoms with E-state index in [1.54, 1.807) is 19.1 Å². The summed E-state index contributed by atoms with van der Waals surface area (Å²) in [5, 5.41) is 19.8. The molecule has 4 aromatic rings. The van der Waals surface area contributed by atoms with Gasteiger partial charge in [0.05, 0.1) is 15.8 Å². The highest BCUT2D eigenvalue weighted by atomic mass is 35.5. The third-order valence-electron chi connectivity index (χ3n) is 4.36. The number of nitrogens with two attached hydrogens (primary N) is 1. The number of carbonyl (C=O) groups excluding carboxylic acids is 1. The number of anilines is 1. The van der Waals surface area contributed by atoms with E-state index in [-0.39, 0.29) is 33.9 Å². The molecule has 10 nitrogen and oxygen atoms in total. The summed E-state index contributed by atoms with van der Waals surface area (Å²) in [6.07, 6.45) is 0. The van der Waals surface area contributed by atoms with Crippen LogP contribution in [-0.2, 0) is 0 Å². The van der Waals surface area contributed by atoms with Crippen LogP contribution in [0.15, 0.2) is 52.2 Å². The molecule has 0 spiro atoms. The minimum atomic E-state index is -0.672. The van der Waals surface area contributed by atoms with Crippen molar-refractivity contribution in [1.82, 2.24) is 30.7 Å². The van der Waals surface area contributed by atoms with Crippen molar-refractivity contribution in [2.24, 2.45) is 5.10 Å². The number of hydrogen-bond acceptors (Lipinski definition) is 8. The largest absolute Gasteiger partial charge is 0.378 e. The molecule has 2 aromatic heterocycles. The molecule has 1 amide bonds. The number of carbonyl (C=O) groups is 1. The second-order valence-corrected chi connectivity index (χ2v) is 7.26. The van der Waals surface area contributed by atoms with Gasteiger partial charge in [-0.1, -0.05) is 46.6 Å². The molecule has 3 N–H and O–H groups in total. The molecule has 0 atom stereocenters. The maximum Gasteiger partial charge on any atom is 0.294 e. The number of aromatic nitrogens is 5. The second-order valence-electron chi connectivity index (χ2n) is 6.45. The molecule has 0 bridgehead atoms. The van der Waals surface area contributed by atoms with Crippen molar-refractivity contribution in [1.29, 1.82) is 0 Å². The molecule has 0 saturated carbocycles. The summed E-state index contributed by atoms with van der Waals surface area (Å²) in [7, 11) is 0. The molecule has 0 unspecified atom stereocenters. The lowest BCUT2D eigenvalue weighted by Gasteiger charge is -2.07. The number of rotatable bonds is 5. The van der Waals surface area contributed by atoms with Gasteiger partial charge in [-0.2, -0.15) is 9.78 Å². The lowest BCUT2D eigenvalue weighted by atomic mass is 10.1. The first kappa shape index (κ1) is 21.4. The SMILES string of the molecule is C/C(=N/NC(=O)c1nnn(-c2nonc2N)c1-c1ccc(Cl)c(Cl)c1)c1ccc(F)cc1. The molecule has 13 heteroatoms. The smallest absolute Gasteiger partial charge is 0.294 e. The summed E-state index contributed by atoms with van der Waals surface area (Å²) in [6, 6.07) is 10.4. The second kappa shape index (κ2) is 8.73. The molecule has 0 aliphatic carbocycles. The Morgan fingerprint density at radius 2 is 1.91 bits per heavy atom. The van der Waals surface area contributed by atoms with Crippen LogP contribution in [0.3, 0.4) is 0 Å². The molecule has 32 heavy (non-hydrogen) atoms. The van der Waals surface area contributed by atoms with Gasteiger partial charge < -0.3 is 5.73 Å². The third-order valence-corrected chi connectivity index (χ3v) is 5.10. The monoisotopic (exact) mass is 474 g/mol. The minimum Gasteiger partial charge on any atom is -0.378 e. The van der Waals surface area contributed by atoms with Crippen LogP contribution >= 0.6 is 23.2 Å². The van der Waals surface area contributed by atoms with Crippen LogP contribution in [0.4, 0.5) is 10.2 Å². The fraction of sp³-hybridized carbons (Fsp3) is 0.0526. The van der Waals surface area contributed by atoms with Crippen molar-refractivity contribution in [3.8, 4) is 17.1 Å². The average Bonchev–Trinajstić information content (AvgIpc) is 3.40. The van der Waals surface area contributed by atoms with Gasteiger partial charge in [-0.25, -0.2) is 14.4 Å². The Bertz CT molecular complexity index is 1330. The Balaban J connectivity index is 1.73. The van der Waals surface area contributed by atoms with E-state index in [1.165, 1.54) is 35.0 Å². The first-order valence-corrected chi connectivity index (χ1v) is 9.71. The van der Waals surface area contributed by atoms with Gasteiger partial charge in [0.2, 0.25) is 11.6 Å². The van der Waals surface area contributed by atoms with E-state index in [0.717, 1.165) is 0 Å². The van der Waals surface area contributed by atoms with Gasteiger partial charge in [-0.05, 0) is 47.1 Å². The zero-order chi connectivity index (χ0) is 22.8. The van der Waals surface area contributed by atoms with Crippen LogP contribution in [0.5, 0.6) is 0 Å². The molecular weight excluding hydrogens is 462 g/mol. The molecule has 2 heterocycles. The van der Waals surface area contributed by atoms with Crippen LogP contribution in [0.1, 0.15) is 23.0 Å². The van der Waals surface area contributed by atoms with Crippen molar-refractivity contribution < 1.29 is 13.8 Å². The molecule has 2 aromatic carbocycles. The summed E-state index contributed by atoms with van der Waals surface area (Å²) in [5.74, 6) is -1.08. The predicted molar refractivity (Wildman–Crippen MR) is 115 cm³/mol. The molecule has 0 radical (unpaired) electrons. The molecular formula is C19H13Cl2FN8O2. The third kappa shape index (κ3) is 4.15. The van der Waals surface area contributed by atoms with Crippen LogP contribution in [-0.4, -0.2) is 36.9 Å². The van der Waals surface area contributed by atoms with Crippen molar-refractivity contribution in [2.75, 3.05) is 5.73 Å². The topological polar surface area (TPSA) is 137 Å². The van der Waals surface area contributed by atoms with Gasteiger partial charge in [0, 0.05) is 5.56 Å².